The molecule has 1 N–H and O–H groups in total. The second kappa shape index (κ2) is 7.97. The number of carbonyl (C=O) groups excluding carboxylic acids is 1. The zero-order valence-electron chi connectivity index (χ0n) is 14.7. The minimum absolute atomic E-state index is 0.0231. The number of benzene rings is 3. The van der Waals surface area contributed by atoms with Crippen molar-refractivity contribution in [3.63, 3.8) is 0 Å². The Morgan fingerprint density at radius 3 is 1.85 bits per heavy atom. The first-order valence-corrected chi connectivity index (χ1v) is 9.73. The highest BCUT2D eigenvalue weighted by molar-refractivity contribution is 7.90. The van der Waals surface area contributed by atoms with E-state index in [2.05, 4.69) is 9.71 Å². The van der Waals surface area contributed by atoms with Crippen LogP contribution in [0.1, 0.15) is 21.5 Å². The van der Waals surface area contributed by atoms with Crippen molar-refractivity contribution in [1.82, 2.24) is 5.32 Å². The molecule has 0 atom stereocenters. The number of carbonyl (C=O) groups is 1. The zero-order chi connectivity index (χ0) is 19.3. The van der Waals surface area contributed by atoms with E-state index < -0.39 is 15.9 Å². The van der Waals surface area contributed by atoms with E-state index in [1.54, 1.807) is 72.8 Å². The molecule has 0 fully saturated rings. The minimum atomic E-state index is -3.98. The fourth-order valence-corrected chi connectivity index (χ4v) is 3.37. The van der Waals surface area contributed by atoms with Gasteiger partial charge in [-0.25, -0.2) is 0 Å². The highest BCUT2D eigenvalue weighted by Gasteiger charge is 2.17. The summed E-state index contributed by atoms with van der Waals surface area (Å²) in [4.78, 5) is 12.6. The molecule has 0 aliphatic carbocycles. The molecule has 0 bridgehead atoms. The maximum Gasteiger partial charge on any atom is 0.284 e. The molecule has 3 aromatic carbocycles. The molecule has 3 rings (SSSR count). The fourth-order valence-electron chi connectivity index (χ4n) is 2.40. The van der Waals surface area contributed by atoms with Crippen molar-refractivity contribution in [2.75, 3.05) is 0 Å². The van der Waals surface area contributed by atoms with E-state index in [0.717, 1.165) is 5.56 Å². The van der Waals surface area contributed by atoms with Gasteiger partial charge < -0.3 is 5.32 Å². The lowest BCUT2D eigenvalue weighted by Crippen LogP contribution is -2.32. The number of amides is 1. The van der Waals surface area contributed by atoms with E-state index in [1.165, 1.54) is 12.1 Å². The molecule has 3 aromatic rings. The third kappa shape index (κ3) is 4.68. The lowest BCUT2D eigenvalue weighted by atomic mass is 10.2. The summed E-state index contributed by atoms with van der Waals surface area (Å²) >= 11 is 0. The summed E-state index contributed by atoms with van der Waals surface area (Å²) in [7, 11) is -3.98. The molecule has 27 heavy (non-hydrogen) atoms. The van der Waals surface area contributed by atoms with Gasteiger partial charge in [0.05, 0.1) is 4.90 Å². The van der Waals surface area contributed by atoms with Crippen LogP contribution in [0, 0.1) is 6.92 Å². The Bertz CT molecular complexity index is 1060. The molecule has 0 saturated carbocycles. The maximum absolute atomic E-state index is 12.7. The second-order valence-electron chi connectivity index (χ2n) is 5.91. The Balaban J connectivity index is 2.01. The molecule has 0 unspecified atom stereocenters. The van der Waals surface area contributed by atoms with Crippen LogP contribution in [0.4, 0.5) is 0 Å². The van der Waals surface area contributed by atoms with Gasteiger partial charge in [0.2, 0.25) is 0 Å². The maximum atomic E-state index is 12.7. The van der Waals surface area contributed by atoms with Crippen LogP contribution in [-0.2, 0) is 10.0 Å². The molecule has 0 aromatic heterocycles. The SMILES string of the molecule is Cc1ccc(S(=O)(=O)/N=C(/NC(=O)c2ccccc2)c2ccccc2)cc1. The quantitative estimate of drug-likeness (QED) is 0.557. The molecule has 0 aliphatic rings. The van der Waals surface area contributed by atoms with Crippen molar-refractivity contribution in [2.24, 2.45) is 4.40 Å². The summed E-state index contributed by atoms with van der Waals surface area (Å²) in [6.45, 7) is 1.87. The summed E-state index contributed by atoms with van der Waals surface area (Å²) in [6, 6.07) is 23.6. The largest absolute Gasteiger partial charge is 0.305 e. The average molecular weight is 378 g/mol. The molecule has 0 heterocycles. The summed E-state index contributed by atoms with van der Waals surface area (Å²) in [5.74, 6) is -0.456. The second-order valence-corrected chi connectivity index (χ2v) is 7.52. The van der Waals surface area contributed by atoms with Crippen molar-refractivity contribution in [2.45, 2.75) is 11.8 Å². The van der Waals surface area contributed by atoms with Gasteiger partial charge in [0.15, 0.2) is 5.84 Å². The van der Waals surface area contributed by atoms with Crippen molar-refractivity contribution in [3.05, 3.63) is 102 Å². The van der Waals surface area contributed by atoms with Gasteiger partial charge in [0.1, 0.15) is 0 Å². The topological polar surface area (TPSA) is 75.6 Å². The summed E-state index contributed by atoms with van der Waals surface area (Å²) in [5.41, 5.74) is 1.85. The van der Waals surface area contributed by atoms with Crippen molar-refractivity contribution >= 4 is 21.8 Å². The first-order valence-electron chi connectivity index (χ1n) is 8.29. The van der Waals surface area contributed by atoms with E-state index in [0.29, 0.717) is 11.1 Å². The first-order chi connectivity index (χ1) is 13.0. The Labute approximate surface area is 158 Å². The number of sulfonamides is 1. The Hall–Kier alpha value is -3.25. The molecule has 0 saturated heterocycles. The number of amidine groups is 1. The third-order valence-corrected chi connectivity index (χ3v) is 5.14. The van der Waals surface area contributed by atoms with Crippen LogP contribution in [0.2, 0.25) is 0 Å². The molecular weight excluding hydrogens is 360 g/mol. The van der Waals surface area contributed by atoms with Gasteiger partial charge in [-0.3, -0.25) is 4.79 Å². The summed E-state index contributed by atoms with van der Waals surface area (Å²) < 4.78 is 29.3. The van der Waals surface area contributed by atoms with Crippen LogP contribution in [0.25, 0.3) is 0 Å². The normalized spacial score (nSPS) is 11.8. The molecule has 5 nitrogen and oxygen atoms in total. The van der Waals surface area contributed by atoms with Gasteiger partial charge in [0, 0.05) is 11.1 Å². The van der Waals surface area contributed by atoms with Crippen molar-refractivity contribution in [1.29, 1.82) is 0 Å². The van der Waals surface area contributed by atoms with E-state index in [-0.39, 0.29) is 10.7 Å². The predicted octanol–water partition coefficient (Wildman–Crippen LogP) is 3.56. The van der Waals surface area contributed by atoms with E-state index in [4.69, 9.17) is 0 Å². The lowest BCUT2D eigenvalue weighted by Gasteiger charge is -2.10. The molecule has 136 valence electrons. The van der Waals surface area contributed by atoms with E-state index >= 15 is 0 Å². The van der Waals surface area contributed by atoms with Crippen LogP contribution >= 0.6 is 0 Å². The summed E-state index contributed by atoms with van der Waals surface area (Å²) in [6.07, 6.45) is 0. The van der Waals surface area contributed by atoms with Crippen LogP contribution < -0.4 is 5.32 Å². The minimum Gasteiger partial charge on any atom is -0.305 e. The van der Waals surface area contributed by atoms with Crippen molar-refractivity contribution < 1.29 is 13.2 Å². The van der Waals surface area contributed by atoms with E-state index in [1.807, 2.05) is 6.92 Å². The number of nitrogens with zero attached hydrogens (tertiary/aromatic N) is 1. The van der Waals surface area contributed by atoms with Crippen LogP contribution in [-0.4, -0.2) is 20.2 Å². The number of hydrogen-bond acceptors (Lipinski definition) is 3. The number of nitrogens with one attached hydrogen (secondary N) is 1. The van der Waals surface area contributed by atoms with Crippen LogP contribution in [0.5, 0.6) is 0 Å². The molecular formula is C21H18N2O3S. The van der Waals surface area contributed by atoms with Gasteiger partial charge >= 0.3 is 0 Å². The third-order valence-electron chi connectivity index (χ3n) is 3.85. The molecule has 0 aliphatic heterocycles. The van der Waals surface area contributed by atoms with Gasteiger partial charge in [-0.15, -0.1) is 4.40 Å². The first kappa shape index (κ1) is 18.5. The highest BCUT2D eigenvalue weighted by Crippen LogP contribution is 2.15. The fraction of sp³-hybridized carbons (Fsp3) is 0.0476. The molecule has 0 radical (unpaired) electrons. The highest BCUT2D eigenvalue weighted by atomic mass is 32.2. The Morgan fingerprint density at radius 1 is 0.778 bits per heavy atom. The smallest absolute Gasteiger partial charge is 0.284 e. The average Bonchev–Trinajstić information content (AvgIpc) is 2.69. The van der Waals surface area contributed by atoms with Crippen LogP contribution in [0.3, 0.4) is 0 Å². The Kier molecular flexibility index (Phi) is 5.47. The van der Waals surface area contributed by atoms with Gasteiger partial charge in [-0.05, 0) is 31.2 Å². The predicted molar refractivity (Wildman–Crippen MR) is 105 cm³/mol. The monoisotopic (exact) mass is 378 g/mol. The molecule has 0 spiro atoms. The number of aryl methyl sites for hydroxylation is 1. The van der Waals surface area contributed by atoms with E-state index in [9.17, 15) is 13.2 Å². The van der Waals surface area contributed by atoms with Gasteiger partial charge in [0.25, 0.3) is 15.9 Å². The van der Waals surface area contributed by atoms with Gasteiger partial charge in [-0.2, -0.15) is 8.42 Å². The number of rotatable bonds is 4. The standard InChI is InChI=1S/C21H18N2O3S/c1-16-12-14-19(15-13-16)27(25,26)23-20(17-8-4-2-5-9-17)22-21(24)18-10-6-3-7-11-18/h2-15H,1H3,(H,22,23,24). The lowest BCUT2D eigenvalue weighted by molar-refractivity contribution is 0.0977. The summed E-state index contributed by atoms with van der Waals surface area (Å²) in [5, 5.41) is 2.62. The molecule has 1 amide bonds. The number of hydrogen-bond donors (Lipinski definition) is 1. The van der Waals surface area contributed by atoms with Crippen molar-refractivity contribution in [3.8, 4) is 0 Å². The van der Waals surface area contributed by atoms with Crippen LogP contribution in [0.15, 0.2) is 94.2 Å². The zero-order valence-corrected chi connectivity index (χ0v) is 15.5. The van der Waals surface area contributed by atoms with Gasteiger partial charge in [-0.1, -0.05) is 66.2 Å². The Morgan fingerprint density at radius 2 is 1.30 bits per heavy atom. The molecule has 6 heteroatoms.